The number of aliphatic hydroxyl groups is 2. The normalized spacial score (nSPS) is 27.2. The molecule has 3 heterocycles. The molecule has 1 aliphatic heterocycles. The minimum Gasteiger partial charge on any atom is -0.387 e. The maximum absolute atomic E-state index is 11.1. The van der Waals surface area contributed by atoms with Crippen LogP contribution in [-0.2, 0) is 25.6 Å². The molecule has 1 saturated heterocycles. The first-order valence-corrected chi connectivity index (χ1v) is 12.0. The van der Waals surface area contributed by atoms with Crippen LogP contribution < -0.4 is 10.5 Å². The molecule has 5 atom stereocenters. The molecular weight excluding hydrogens is 476 g/mol. The zero-order valence-corrected chi connectivity index (χ0v) is 18.6. The summed E-state index contributed by atoms with van der Waals surface area (Å²) in [6.45, 7) is -0.566. The topological polar surface area (TPSA) is 175 Å². The number of anilines is 1. The van der Waals surface area contributed by atoms with E-state index >= 15 is 0 Å². The molecule has 12 nitrogen and oxygen atoms in total. The van der Waals surface area contributed by atoms with Crippen LogP contribution in [-0.4, -0.2) is 63.1 Å². The molecule has 1 fully saturated rings. The highest BCUT2D eigenvalue weighted by atomic mass is 35.5. The molecule has 0 amide bonds. The van der Waals surface area contributed by atoms with E-state index in [1.807, 2.05) is 12.1 Å². The van der Waals surface area contributed by atoms with Gasteiger partial charge in [0.1, 0.15) is 18.3 Å². The van der Waals surface area contributed by atoms with Gasteiger partial charge in [-0.2, -0.15) is 18.4 Å². The zero-order chi connectivity index (χ0) is 23.3. The first kappa shape index (κ1) is 22.4. The van der Waals surface area contributed by atoms with E-state index < -0.39 is 41.5 Å². The van der Waals surface area contributed by atoms with E-state index in [9.17, 15) is 18.6 Å². The van der Waals surface area contributed by atoms with Gasteiger partial charge in [0.25, 0.3) is 0 Å². The molecule has 176 valence electrons. The summed E-state index contributed by atoms with van der Waals surface area (Å²) in [5.41, 5.74) is 3.11. The van der Waals surface area contributed by atoms with Gasteiger partial charge in [0.2, 0.25) is 5.28 Å². The SMILES string of the molecule is NS(=O)(=O)OC[C@H]1O[C@@H](n2cnc3c(NC4CCc5ccccc54)nc(Cl)nc32)[C@H](O)[C@@H]1O. The quantitative estimate of drug-likeness (QED) is 0.350. The predicted molar refractivity (Wildman–Crippen MR) is 116 cm³/mol. The Morgan fingerprint density at radius 3 is 2.85 bits per heavy atom. The number of nitrogens with zero attached hydrogens (tertiary/aromatic N) is 4. The standard InChI is InChI=1S/C19H21ClN6O6S/c20-19-24-16(23-11-6-5-9-3-1-2-4-10(9)11)13-17(25-19)26(8-22-13)18-15(28)14(27)12(32-18)7-31-33(21,29)30/h1-4,8,11-12,14-15,18,27-28H,5-7H2,(H2,21,29,30)(H,23,24,25)/t11?,12-,14-,15-,18-/m1/s1. The van der Waals surface area contributed by atoms with E-state index in [0.29, 0.717) is 11.3 Å². The molecule has 1 aromatic carbocycles. The van der Waals surface area contributed by atoms with Gasteiger partial charge < -0.3 is 20.3 Å². The minimum atomic E-state index is -4.24. The summed E-state index contributed by atoms with van der Waals surface area (Å²) in [6.07, 6.45) is -1.91. The molecule has 33 heavy (non-hydrogen) atoms. The first-order chi connectivity index (χ1) is 15.7. The van der Waals surface area contributed by atoms with Crippen molar-refractivity contribution >= 4 is 38.9 Å². The van der Waals surface area contributed by atoms with E-state index in [0.717, 1.165) is 12.8 Å². The summed E-state index contributed by atoms with van der Waals surface area (Å²) in [4.78, 5) is 12.9. The zero-order valence-electron chi connectivity index (χ0n) is 17.1. The molecule has 5 rings (SSSR count). The van der Waals surface area contributed by atoms with Crippen LogP contribution in [0, 0.1) is 0 Å². The Balaban J connectivity index is 1.44. The van der Waals surface area contributed by atoms with Crippen molar-refractivity contribution in [1.29, 1.82) is 0 Å². The van der Waals surface area contributed by atoms with Crippen molar-refractivity contribution in [3.05, 3.63) is 47.0 Å². The summed E-state index contributed by atoms with van der Waals surface area (Å²) in [5, 5.41) is 29.0. The van der Waals surface area contributed by atoms with Gasteiger partial charge in [0.15, 0.2) is 23.2 Å². The lowest BCUT2D eigenvalue weighted by molar-refractivity contribution is -0.0467. The molecular formula is C19H21ClN6O6S. The van der Waals surface area contributed by atoms with Gasteiger partial charge in [-0.15, -0.1) is 0 Å². The van der Waals surface area contributed by atoms with Crippen LogP contribution in [0.2, 0.25) is 5.28 Å². The van der Waals surface area contributed by atoms with Gasteiger partial charge in [-0.05, 0) is 35.6 Å². The van der Waals surface area contributed by atoms with Crippen LogP contribution in [0.1, 0.15) is 29.8 Å². The molecule has 5 N–H and O–H groups in total. The molecule has 0 bridgehead atoms. The van der Waals surface area contributed by atoms with Crippen molar-refractivity contribution < 1.29 is 27.6 Å². The average Bonchev–Trinajstić information content (AvgIpc) is 3.44. The Morgan fingerprint density at radius 2 is 2.06 bits per heavy atom. The predicted octanol–water partition coefficient (Wildman–Crippen LogP) is 0.418. The number of nitrogens with two attached hydrogens (primary N) is 1. The largest absolute Gasteiger partial charge is 0.387 e. The second kappa shape index (κ2) is 8.43. The summed E-state index contributed by atoms with van der Waals surface area (Å²) in [5.74, 6) is 0.424. The maximum Gasteiger partial charge on any atom is 0.333 e. The highest BCUT2D eigenvalue weighted by Crippen LogP contribution is 2.36. The maximum atomic E-state index is 11.1. The van der Waals surface area contributed by atoms with Crippen molar-refractivity contribution in [3.63, 3.8) is 0 Å². The van der Waals surface area contributed by atoms with E-state index in [2.05, 4.69) is 36.6 Å². The summed E-state index contributed by atoms with van der Waals surface area (Å²) in [7, 11) is -4.24. The van der Waals surface area contributed by atoms with E-state index in [4.69, 9.17) is 21.5 Å². The number of hydrogen-bond donors (Lipinski definition) is 4. The lowest BCUT2D eigenvalue weighted by Crippen LogP contribution is -2.35. The number of ether oxygens (including phenoxy) is 1. The van der Waals surface area contributed by atoms with Crippen molar-refractivity contribution in [2.45, 2.75) is 43.4 Å². The summed E-state index contributed by atoms with van der Waals surface area (Å²) >= 11 is 6.18. The van der Waals surface area contributed by atoms with Gasteiger partial charge in [-0.3, -0.25) is 8.75 Å². The summed E-state index contributed by atoms with van der Waals surface area (Å²) in [6, 6.07) is 8.16. The molecule has 3 aromatic rings. The molecule has 2 aliphatic rings. The lowest BCUT2D eigenvalue weighted by atomic mass is 10.1. The van der Waals surface area contributed by atoms with Gasteiger partial charge in [0.05, 0.1) is 19.0 Å². The van der Waals surface area contributed by atoms with Crippen LogP contribution in [0.15, 0.2) is 30.6 Å². The van der Waals surface area contributed by atoms with Crippen LogP contribution >= 0.6 is 11.6 Å². The molecule has 2 aromatic heterocycles. The monoisotopic (exact) mass is 496 g/mol. The fourth-order valence-electron chi connectivity index (χ4n) is 4.31. The average molecular weight is 497 g/mol. The van der Waals surface area contributed by atoms with Crippen LogP contribution in [0.5, 0.6) is 0 Å². The lowest BCUT2D eigenvalue weighted by Gasteiger charge is -2.18. The molecule has 0 spiro atoms. The van der Waals surface area contributed by atoms with Gasteiger partial charge in [-0.1, -0.05) is 24.3 Å². The number of imidazole rings is 1. The third-order valence-electron chi connectivity index (χ3n) is 5.85. The van der Waals surface area contributed by atoms with Crippen molar-refractivity contribution in [1.82, 2.24) is 19.5 Å². The highest BCUT2D eigenvalue weighted by Gasteiger charge is 2.45. The Labute approximate surface area is 193 Å². The Morgan fingerprint density at radius 1 is 1.27 bits per heavy atom. The Bertz CT molecular complexity index is 1300. The molecule has 14 heteroatoms. The highest BCUT2D eigenvalue weighted by molar-refractivity contribution is 7.84. The molecule has 0 radical (unpaired) electrons. The number of aryl methyl sites for hydroxylation is 1. The number of fused-ring (bicyclic) bond motifs is 2. The number of aliphatic hydroxyl groups excluding tert-OH is 2. The second-order valence-corrected chi connectivity index (χ2v) is 9.48. The number of halogens is 1. The van der Waals surface area contributed by atoms with E-state index in [1.54, 1.807) is 0 Å². The number of nitrogens with one attached hydrogen (secondary N) is 1. The number of hydrogen-bond acceptors (Lipinski definition) is 10. The molecule has 0 saturated carbocycles. The number of rotatable bonds is 6. The van der Waals surface area contributed by atoms with Gasteiger partial charge in [0, 0.05) is 0 Å². The van der Waals surface area contributed by atoms with E-state index in [-0.39, 0.29) is 17.0 Å². The first-order valence-electron chi connectivity index (χ1n) is 10.1. The van der Waals surface area contributed by atoms with Gasteiger partial charge >= 0.3 is 10.3 Å². The van der Waals surface area contributed by atoms with E-state index in [1.165, 1.54) is 22.0 Å². The van der Waals surface area contributed by atoms with Crippen molar-refractivity contribution in [3.8, 4) is 0 Å². The van der Waals surface area contributed by atoms with Gasteiger partial charge in [-0.25, -0.2) is 10.1 Å². The number of benzene rings is 1. The van der Waals surface area contributed by atoms with Crippen LogP contribution in [0.3, 0.4) is 0 Å². The third kappa shape index (κ3) is 4.28. The molecule has 1 unspecified atom stereocenters. The smallest absolute Gasteiger partial charge is 0.333 e. The fourth-order valence-corrected chi connectivity index (χ4v) is 4.80. The molecule has 1 aliphatic carbocycles. The Hall–Kier alpha value is -2.39. The van der Waals surface area contributed by atoms with Crippen molar-refractivity contribution in [2.75, 3.05) is 11.9 Å². The number of aromatic nitrogens is 4. The third-order valence-corrected chi connectivity index (χ3v) is 6.48. The summed E-state index contributed by atoms with van der Waals surface area (Å²) < 4.78 is 33.7. The van der Waals surface area contributed by atoms with Crippen molar-refractivity contribution in [2.24, 2.45) is 5.14 Å². The fraction of sp³-hybridized carbons (Fsp3) is 0.421. The minimum absolute atomic E-state index is 0.0235. The van der Waals surface area contributed by atoms with Crippen LogP contribution in [0.4, 0.5) is 5.82 Å². The second-order valence-electron chi connectivity index (χ2n) is 7.92. The Kier molecular flexibility index (Phi) is 5.73. The van der Waals surface area contributed by atoms with Crippen LogP contribution in [0.25, 0.3) is 11.2 Å².